The lowest BCUT2D eigenvalue weighted by Crippen LogP contribution is -1.92. The van der Waals surface area contributed by atoms with Crippen LogP contribution >= 0.6 is 0 Å². The highest BCUT2D eigenvalue weighted by atomic mass is 14.2. The Labute approximate surface area is 96.9 Å². The summed E-state index contributed by atoms with van der Waals surface area (Å²) in [5.74, 6) is 0. The Morgan fingerprint density at radius 2 is 1.88 bits per heavy atom. The monoisotopic (exact) mass is 208 g/mol. The Kier molecular flexibility index (Phi) is 2.10. The molecule has 3 rings (SSSR count). The van der Waals surface area contributed by atoms with Crippen LogP contribution in [0.3, 0.4) is 0 Å². The van der Waals surface area contributed by atoms with Gasteiger partial charge in [0.1, 0.15) is 0 Å². The maximum Gasteiger partial charge on any atom is -0.00106 e. The van der Waals surface area contributed by atoms with Crippen LogP contribution < -0.4 is 0 Å². The van der Waals surface area contributed by atoms with Crippen LogP contribution in [-0.2, 0) is 12.8 Å². The van der Waals surface area contributed by atoms with Crippen molar-refractivity contribution in [2.75, 3.05) is 0 Å². The van der Waals surface area contributed by atoms with E-state index in [0.29, 0.717) is 0 Å². The van der Waals surface area contributed by atoms with E-state index in [0.717, 1.165) is 12.8 Å². The average Bonchev–Trinajstić information content (AvgIpc) is 2.69. The van der Waals surface area contributed by atoms with Crippen molar-refractivity contribution in [2.24, 2.45) is 0 Å². The third-order valence-electron chi connectivity index (χ3n) is 3.65. The summed E-state index contributed by atoms with van der Waals surface area (Å²) in [6.07, 6.45) is 2.26. The normalized spacial score (nSPS) is 12.4. The first-order chi connectivity index (χ1) is 7.81. The number of aryl methyl sites for hydroxylation is 2. The smallest absolute Gasteiger partial charge is 0.00106 e. The second-order valence-corrected chi connectivity index (χ2v) is 4.58. The Hall–Kier alpha value is -1.56. The van der Waals surface area contributed by atoms with Gasteiger partial charge in [0, 0.05) is 0 Å². The molecule has 0 bridgehead atoms. The summed E-state index contributed by atoms with van der Waals surface area (Å²) in [6.45, 7) is 4.47. The van der Waals surface area contributed by atoms with Crippen LogP contribution in [0.1, 0.15) is 29.2 Å². The van der Waals surface area contributed by atoms with Crippen LogP contribution in [0, 0.1) is 6.92 Å². The highest BCUT2D eigenvalue weighted by Gasteiger charge is 2.21. The molecule has 0 N–H and O–H groups in total. The van der Waals surface area contributed by atoms with Gasteiger partial charge in [-0.1, -0.05) is 43.3 Å². The van der Waals surface area contributed by atoms with Crippen LogP contribution in [-0.4, -0.2) is 0 Å². The van der Waals surface area contributed by atoms with Crippen LogP contribution in [0.4, 0.5) is 0 Å². The van der Waals surface area contributed by atoms with Gasteiger partial charge in [0.05, 0.1) is 0 Å². The largest absolute Gasteiger partial charge is 0.0619 e. The quantitative estimate of drug-likeness (QED) is 0.564. The summed E-state index contributed by atoms with van der Waals surface area (Å²) in [7, 11) is 0. The fourth-order valence-corrected chi connectivity index (χ4v) is 2.83. The zero-order chi connectivity index (χ0) is 11.1. The molecule has 0 heterocycles. The van der Waals surface area contributed by atoms with Crippen LogP contribution in [0.2, 0.25) is 0 Å². The number of hydrogen-bond acceptors (Lipinski definition) is 0. The van der Waals surface area contributed by atoms with Gasteiger partial charge in [0.2, 0.25) is 0 Å². The summed E-state index contributed by atoms with van der Waals surface area (Å²) in [6, 6.07) is 13.4. The van der Waals surface area contributed by atoms with Gasteiger partial charge in [-0.25, -0.2) is 0 Å². The van der Waals surface area contributed by atoms with Crippen molar-refractivity contribution in [3.05, 3.63) is 58.7 Å². The third kappa shape index (κ3) is 1.23. The van der Waals surface area contributed by atoms with Crippen molar-refractivity contribution in [1.29, 1.82) is 0 Å². The first kappa shape index (κ1) is 9.65. The lowest BCUT2D eigenvalue weighted by Gasteiger charge is -2.09. The Morgan fingerprint density at radius 1 is 1.06 bits per heavy atom. The molecule has 16 heavy (non-hydrogen) atoms. The molecule has 0 amide bonds. The van der Waals surface area contributed by atoms with E-state index in [9.17, 15) is 0 Å². The van der Waals surface area contributed by atoms with E-state index in [1.807, 2.05) is 0 Å². The molecular formula is C16H16. The summed E-state index contributed by atoms with van der Waals surface area (Å²) in [4.78, 5) is 0. The predicted octanol–water partition coefficient (Wildman–Crippen LogP) is 4.13. The molecule has 2 aromatic carbocycles. The molecule has 0 aliphatic heterocycles. The summed E-state index contributed by atoms with van der Waals surface area (Å²) in [5, 5.41) is 0. The molecule has 0 saturated heterocycles. The molecule has 1 aliphatic carbocycles. The van der Waals surface area contributed by atoms with E-state index in [-0.39, 0.29) is 0 Å². The van der Waals surface area contributed by atoms with Crippen LogP contribution in [0.5, 0.6) is 0 Å². The van der Waals surface area contributed by atoms with E-state index in [1.54, 1.807) is 5.56 Å². The molecule has 1 aliphatic rings. The van der Waals surface area contributed by atoms with Gasteiger partial charge in [-0.05, 0) is 53.1 Å². The number of rotatable bonds is 1. The topological polar surface area (TPSA) is 0 Å². The second kappa shape index (κ2) is 3.48. The zero-order valence-electron chi connectivity index (χ0n) is 9.88. The lowest BCUT2D eigenvalue weighted by atomic mass is 9.95. The fourth-order valence-electron chi connectivity index (χ4n) is 2.83. The zero-order valence-corrected chi connectivity index (χ0v) is 9.88. The Morgan fingerprint density at radius 3 is 2.69 bits per heavy atom. The third-order valence-corrected chi connectivity index (χ3v) is 3.65. The summed E-state index contributed by atoms with van der Waals surface area (Å²) >= 11 is 0. The molecule has 0 fully saturated rings. The molecule has 0 heteroatoms. The summed E-state index contributed by atoms with van der Waals surface area (Å²) in [5.41, 5.74) is 8.92. The molecule has 2 aromatic rings. The highest BCUT2D eigenvalue weighted by molar-refractivity contribution is 5.80. The van der Waals surface area contributed by atoms with Crippen molar-refractivity contribution >= 4 is 0 Å². The van der Waals surface area contributed by atoms with Crippen molar-refractivity contribution in [3.63, 3.8) is 0 Å². The van der Waals surface area contributed by atoms with Gasteiger partial charge < -0.3 is 0 Å². The van der Waals surface area contributed by atoms with Crippen LogP contribution in [0.15, 0.2) is 36.4 Å². The Bertz CT molecular complexity index is 550. The minimum atomic E-state index is 1.12. The van der Waals surface area contributed by atoms with Gasteiger partial charge >= 0.3 is 0 Å². The minimum absolute atomic E-state index is 1.12. The molecule has 0 unspecified atom stereocenters. The maximum absolute atomic E-state index is 2.29. The van der Waals surface area contributed by atoms with E-state index in [4.69, 9.17) is 0 Å². The SMILES string of the molecule is CCc1ccc(C)c2c1Cc1ccccc1-2. The molecule has 80 valence electrons. The predicted molar refractivity (Wildman–Crippen MR) is 68.8 cm³/mol. The maximum atomic E-state index is 2.29. The van der Waals surface area contributed by atoms with E-state index in [2.05, 4.69) is 50.2 Å². The van der Waals surface area contributed by atoms with Crippen molar-refractivity contribution in [2.45, 2.75) is 26.7 Å². The van der Waals surface area contributed by atoms with Gasteiger partial charge in [-0.15, -0.1) is 0 Å². The first-order valence-electron chi connectivity index (χ1n) is 6.01. The van der Waals surface area contributed by atoms with E-state index in [1.165, 1.54) is 27.8 Å². The lowest BCUT2D eigenvalue weighted by molar-refractivity contribution is 1.08. The standard InChI is InChI=1S/C16H16/c1-3-12-9-8-11(2)16-14-7-5-4-6-13(14)10-15(12)16/h4-9H,3,10H2,1-2H3. The van der Waals surface area contributed by atoms with Gasteiger partial charge in [0.25, 0.3) is 0 Å². The first-order valence-corrected chi connectivity index (χ1v) is 6.01. The fraction of sp³-hybridized carbons (Fsp3) is 0.250. The molecule has 0 nitrogen and oxygen atoms in total. The van der Waals surface area contributed by atoms with E-state index >= 15 is 0 Å². The van der Waals surface area contributed by atoms with Crippen molar-refractivity contribution < 1.29 is 0 Å². The number of benzene rings is 2. The average molecular weight is 208 g/mol. The van der Waals surface area contributed by atoms with Gasteiger partial charge in [-0.3, -0.25) is 0 Å². The number of hydrogen-bond donors (Lipinski definition) is 0. The van der Waals surface area contributed by atoms with Crippen LogP contribution in [0.25, 0.3) is 11.1 Å². The molecule has 0 saturated carbocycles. The molecule has 0 aromatic heterocycles. The highest BCUT2D eigenvalue weighted by Crippen LogP contribution is 2.40. The number of fused-ring (bicyclic) bond motifs is 3. The molecule has 0 atom stereocenters. The minimum Gasteiger partial charge on any atom is -0.0619 e. The van der Waals surface area contributed by atoms with Crippen molar-refractivity contribution in [1.82, 2.24) is 0 Å². The molecule has 0 spiro atoms. The van der Waals surface area contributed by atoms with Gasteiger partial charge in [-0.2, -0.15) is 0 Å². The van der Waals surface area contributed by atoms with Gasteiger partial charge in [0.15, 0.2) is 0 Å². The summed E-state index contributed by atoms with van der Waals surface area (Å²) < 4.78 is 0. The van der Waals surface area contributed by atoms with Crippen molar-refractivity contribution in [3.8, 4) is 11.1 Å². The Balaban J connectivity index is 2.32. The molecular weight excluding hydrogens is 192 g/mol. The molecule has 0 radical (unpaired) electrons. The second-order valence-electron chi connectivity index (χ2n) is 4.58. The van der Waals surface area contributed by atoms with E-state index < -0.39 is 0 Å².